The van der Waals surface area contributed by atoms with Crippen LogP contribution in [0.15, 0.2) is 30.9 Å². The summed E-state index contributed by atoms with van der Waals surface area (Å²) in [5.41, 5.74) is 6.80. The highest BCUT2D eigenvalue weighted by atomic mass is 16.5. The number of nitrogens with zero attached hydrogens (tertiary/aromatic N) is 1. The summed E-state index contributed by atoms with van der Waals surface area (Å²) in [6.45, 7) is 4.35. The minimum Gasteiger partial charge on any atom is -0.497 e. The van der Waals surface area contributed by atoms with Gasteiger partial charge in [0.15, 0.2) is 0 Å². The second-order valence-corrected chi connectivity index (χ2v) is 4.15. The summed E-state index contributed by atoms with van der Waals surface area (Å²) in [6.07, 6.45) is 3.66. The van der Waals surface area contributed by atoms with Crippen molar-refractivity contribution in [3.63, 3.8) is 0 Å². The van der Waals surface area contributed by atoms with Crippen molar-refractivity contribution in [2.24, 2.45) is 0 Å². The normalized spacial score (nSPS) is 9.89. The molecule has 1 aromatic carbocycles. The number of rotatable bonds is 6. The standard InChI is InChI=1S/C14H20N2O2/c1-4-5-6-7-16(2)14(17)11-8-12(15)10-13(9-11)18-3/h4,8-10H,1,5-7,15H2,2-3H3. The first-order valence-electron chi connectivity index (χ1n) is 5.89. The number of anilines is 1. The summed E-state index contributed by atoms with van der Waals surface area (Å²) in [5, 5.41) is 0. The van der Waals surface area contributed by atoms with E-state index >= 15 is 0 Å². The monoisotopic (exact) mass is 248 g/mol. The van der Waals surface area contributed by atoms with E-state index in [9.17, 15) is 4.79 Å². The zero-order valence-corrected chi connectivity index (χ0v) is 11.0. The van der Waals surface area contributed by atoms with Gasteiger partial charge in [0.25, 0.3) is 5.91 Å². The number of hydrogen-bond donors (Lipinski definition) is 1. The zero-order valence-electron chi connectivity index (χ0n) is 11.0. The Balaban J connectivity index is 2.76. The van der Waals surface area contributed by atoms with Gasteiger partial charge in [-0.2, -0.15) is 0 Å². The number of nitrogen functional groups attached to an aromatic ring is 1. The fourth-order valence-corrected chi connectivity index (χ4v) is 1.66. The number of carbonyl (C=O) groups excluding carboxylic acids is 1. The van der Waals surface area contributed by atoms with Crippen molar-refractivity contribution >= 4 is 11.6 Å². The maximum atomic E-state index is 12.1. The molecule has 1 aromatic rings. The van der Waals surface area contributed by atoms with Gasteiger partial charge in [-0.3, -0.25) is 4.79 Å². The van der Waals surface area contributed by atoms with Gasteiger partial charge in [0.1, 0.15) is 5.75 Å². The summed E-state index contributed by atoms with van der Waals surface area (Å²) < 4.78 is 5.10. The lowest BCUT2D eigenvalue weighted by molar-refractivity contribution is 0.0793. The lowest BCUT2D eigenvalue weighted by atomic mass is 10.1. The number of hydrogen-bond acceptors (Lipinski definition) is 3. The molecule has 4 heteroatoms. The first kappa shape index (κ1) is 14.1. The minimum absolute atomic E-state index is 0.0512. The van der Waals surface area contributed by atoms with Crippen LogP contribution in [0.4, 0.5) is 5.69 Å². The molecule has 0 aliphatic carbocycles. The Kier molecular flexibility index (Phi) is 5.24. The highest BCUT2D eigenvalue weighted by Crippen LogP contribution is 2.19. The highest BCUT2D eigenvalue weighted by molar-refractivity contribution is 5.95. The quantitative estimate of drug-likeness (QED) is 0.477. The van der Waals surface area contributed by atoms with Gasteiger partial charge in [-0.1, -0.05) is 6.08 Å². The molecule has 0 saturated heterocycles. The summed E-state index contributed by atoms with van der Waals surface area (Å²) >= 11 is 0. The second kappa shape index (κ2) is 6.69. The van der Waals surface area contributed by atoms with Crippen LogP contribution in [0.1, 0.15) is 23.2 Å². The lowest BCUT2D eigenvalue weighted by Gasteiger charge is -2.17. The molecule has 1 rings (SSSR count). The smallest absolute Gasteiger partial charge is 0.253 e. The predicted octanol–water partition coefficient (Wildman–Crippen LogP) is 2.32. The number of carbonyl (C=O) groups is 1. The van der Waals surface area contributed by atoms with Crippen molar-refractivity contribution in [1.82, 2.24) is 4.90 Å². The Hall–Kier alpha value is -1.97. The number of methoxy groups -OCH3 is 1. The molecule has 0 fully saturated rings. The van der Waals surface area contributed by atoms with Crippen LogP contribution in [0.5, 0.6) is 5.75 Å². The van der Waals surface area contributed by atoms with Gasteiger partial charge in [-0.05, 0) is 25.0 Å². The Morgan fingerprint density at radius 2 is 2.22 bits per heavy atom. The van der Waals surface area contributed by atoms with Crippen molar-refractivity contribution in [1.29, 1.82) is 0 Å². The molecule has 0 atom stereocenters. The maximum Gasteiger partial charge on any atom is 0.253 e. The first-order valence-corrected chi connectivity index (χ1v) is 5.89. The average molecular weight is 248 g/mol. The van der Waals surface area contributed by atoms with E-state index in [2.05, 4.69) is 6.58 Å². The number of nitrogens with two attached hydrogens (primary N) is 1. The zero-order chi connectivity index (χ0) is 13.5. The number of ether oxygens (including phenoxy) is 1. The van der Waals surface area contributed by atoms with Crippen LogP contribution in [0.25, 0.3) is 0 Å². The third kappa shape index (κ3) is 3.80. The molecule has 0 bridgehead atoms. The Morgan fingerprint density at radius 3 is 2.83 bits per heavy atom. The van der Waals surface area contributed by atoms with Crippen LogP contribution in [0, 0.1) is 0 Å². The molecule has 1 amide bonds. The largest absolute Gasteiger partial charge is 0.497 e. The molecule has 0 radical (unpaired) electrons. The van der Waals surface area contributed by atoms with Crippen LogP contribution in [0.2, 0.25) is 0 Å². The van der Waals surface area contributed by atoms with E-state index in [-0.39, 0.29) is 5.91 Å². The van der Waals surface area contributed by atoms with Crippen LogP contribution < -0.4 is 10.5 Å². The van der Waals surface area contributed by atoms with Gasteiger partial charge in [0, 0.05) is 30.9 Å². The van der Waals surface area contributed by atoms with Crippen molar-refractivity contribution < 1.29 is 9.53 Å². The third-order valence-electron chi connectivity index (χ3n) is 2.66. The first-order chi connectivity index (χ1) is 8.58. The summed E-state index contributed by atoms with van der Waals surface area (Å²) in [6, 6.07) is 5.05. The molecule has 0 heterocycles. The molecule has 0 aliphatic heterocycles. The summed E-state index contributed by atoms with van der Waals surface area (Å²) in [7, 11) is 3.33. The molecule has 0 saturated carbocycles. The Morgan fingerprint density at radius 1 is 1.50 bits per heavy atom. The topological polar surface area (TPSA) is 55.6 Å². The fourth-order valence-electron chi connectivity index (χ4n) is 1.66. The van der Waals surface area contributed by atoms with Crippen LogP contribution in [-0.4, -0.2) is 31.5 Å². The molecule has 0 spiro atoms. The molecule has 0 aromatic heterocycles. The third-order valence-corrected chi connectivity index (χ3v) is 2.66. The molecular weight excluding hydrogens is 228 g/mol. The molecule has 98 valence electrons. The van der Waals surface area contributed by atoms with Crippen LogP contribution >= 0.6 is 0 Å². The Bertz CT molecular complexity index is 430. The van der Waals surface area contributed by atoms with E-state index in [1.165, 1.54) is 0 Å². The number of amides is 1. The van der Waals surface area contributed by atoms with Crippen LogP contribution in [-0.2, 0) is 0 Å². The van der Waals surface area contributed by atoms with E-state index < -0.39 is 0 Å². The molecule has 18 heavy (non-hydrogen) atoms. The molecule has 2 N–H and O–H groups in total. The van der Waals surface area contributed by atoms with Crippen molar-refractivity contribution in [2.45, 2.75) is 12.8 Å². The number of allylic oxidation sites excluding steroid dienone is 1. The van der Waals surface area contributed by atoms with Crippen molar-refractivity contribution in [3.8, 4) is 5.75 Å². The minimum atomic E-state index is -0.0512. The van der Waals surface area contributed by atoms with Crippen molar-refractivity contribution in [2.75, 3.05) is 26.4 Å². The summed E-state index contributed by atoms with van der Waals surface area (Å²) in [4.78, 5) is 13.8. The number of benzene rings is 1. The summed E-state index contributed by atoms with van der Waals surface area (Å²) in [5.74, 6) is 0.544. The van der Waals surface area contributed by atoms with Gasteiger partial charge >= 0.3 is 0 Å². The van der Waals surface area contributed by atoms with E-state index in [4.69, 9.17) is 10.5 Å². The van der Waals surface area contributed by atoms with E-state index in [1.54, 1.807) is 37.3 Å². The number of unbranched alkanes of at least 4 members (excludes halogenated alkanes) is 1. The van der Waals surface area contributed by atoms with E-state index in [1.807, 2.05) is 6.08 Å². The molecule has 0 unspecified atom stereocenters. The fraction of sp³-hybridized carbons (Fsp3) is 0.357. The maximum absolute atomic E-state index is 12.1. The average Bonchev–Trinajstić information content (AvgIpc) is 2.37. The van der Waals surface area contributed by atoms with E-state index in [0.717, 1.165) is 12.8 Å². The van der Waals surface area contributed by atoms with Gasteiger partial charge < -0.3 is 15.4 Å². The molecule has 0 aliphatic rings. The van der Waals surface area contributed by atoms with Gasteiger partial charge in [-0.15, -0.1) is 6.58 Å². The van der Waals surface area contributed by atoms with Crippen molar-refractivity contribution in [3.05, 3.63) is 36.4 Å². The van der Waals surface area contributed by atoms with E-state index in [0.29, 0.717) is 23.5 Å². The van der Waals surface area contributed by atoms with Gasteiger partial charge in [0.2, 0.25) is 0 Å². The second-order valence-electron chi connectivity index (χ2n) is 4.15. The lowest BCUT2D eigenvalue weighted by Crippen LogP contribution is -2.27. The Labute approximate surface area is 108 Å². The predicted molar refractivity (Wildman–Crippen MR) is 73.8 cm³/mol. The molecule has 4 nitrogen and oxygen atoms in total. The SMILES string of the molecule is C=CCCCN(C)C(=O)c1cc(N)cc(OC)c1. The van der Waals surface area contributed by atoms with Gasteiger partial charge in [-0.25, -0.2) is 0 Å². The van der Waals surface area contributed by atoms with Gasteiger partial charge in [0.05, 0.1) is 7.11 Å². The molecular formula is C14H20N2O2. The van der Waals surface area contributed by atoms with Crippen LogP contribution in [0.3, 0.4) is 0 Å². The highest BCUT2D eigenvalue weighted by Gasteiger charge is 2.12.